The number of methoxy groups -OCH3 is 1. The SMILES string of the molecule is COCCNCCn1c(C)ncc(I)c1=O. The highest BCUT2D eigenvalue weighted by Gasteiger charge is 2.04. The van der Waals surface area contributed by atoms with Crippen molar-refractivity contribution in [2.24, 2.45) is 0 Å². The number of aromatic nitrogens is 2. The van der Waals surface area contributed by atoms with Crippen molar-refractivity contribution in [3.05, 3.63) is 25.9 Å². The van der Waals surface area contributed by atoms with E-state index in [1.165, 1.54) is 0 Å². The molecule has 0 saturated carbocycles. The molecule has 0 bridgehead atoms. The molecule has 6 heteroatoms. The molecule has 16 heavy (non-hydrogen) atoms. The van der Waals surface area contributed by atoms with Gasteiger partial charge in [-0.25, -0.2) is 4.98 Å². The maximum Gasteiger partial charge on any atom is 0.266 e. The molecule has 1 rings (SSSR count). The van der Waals surface area contributed by atoms with Gasteiger partial charge in [0.25, 0.3) is 5.56 Å². The Bertz CT molecular complexity index is 392. The van der Waals surface area contributed by atoms with Crippen molar-refractivity contribution in [1.29, 1.82) is 0 Å². The lowest BCUT2D eigenvalue weighted by Gasteiger charge is -2.09. The van der Waals surface area contributed by atoms with E-state index >= 15 is 0 Å². The first kappa shape index (κ1) is 13.6. The maximum atomic E-state index is 11.8. The Kier molecular flexibility index (Phi) is 5.93. The number of nitrogens with zero attached hydrogens (tertiary/aromatic N) is 2. The third-order valence-corrected chi connectivity index (χ3v) is 2.94. The monoisotopic (exact) mass is 337 g/mol. The Balaban J connectivity index is 2.54. The standard InChI is InChI=1S/C10H16IN3O2/c1-8-13-7-9(11)10(15)14(8)5-3-12-4-6-16-2/h7,12H,3-6H2,1-2H3. The fourth-order valence-corrected chi connectivity index (χ4v) is 1.73. The second-order valence-corrected chi connectivity index (χ2v) is 4.52. The molecule has 0 unspecified atom stereocenters. The van der Waals surface area contributed by atoms with E-state index in [0.717, 1.165) is 18.9 Å². The quantitative estimate of drug-likeness (QED) is 0.603. The predicted octanol–water partition coefficient (Wildman–Crippen LogP) is 0.392. The summed E-state index contributed by atoms with van der Waals surface area (Å²) >= 11 is 2.00. The molecule has 0 fully saturated rings. The van der Waals surface area contributed by atoms with E-state index in [1.54, 1.807) is 17.9 Å². The lowest BCUT2D eigenvalue weighted by Crippen LogP contribution is -2.31. The van der Waals surface area contributed by atoms with Crippen LogP contribution in [0.3, 0.4) is 0 Å². The molecule has 1 heterocycles. The fourth-order valence-electron chi connectivity index (χ4n) is 1.30. The zero-order chi connectivity index (χ0) is 12.0. The lowest BCUT2D eigenvalue weighted by molar-refractivity contribution is 0.199. The van der Waals surface area contributed by atoms with Crippen molar-refractivity contribution < 1.29 is 4.74 Å². The molecule has 1 N–H and O–H groups in total. The molecule has 0 atom stereocenters. The molecule has 0 radical (unpaired) electrons. The van der Waals surface area contributed by atoms with Crippen LogP contribution in [0.4, 0.5) is 0 Å². The number of halogens is 1. The Morgan fingerprint density at radius 1 is 1.56 bits per heavy atom. The largest absolute Gasteiger partial charge is 0.383 e. The second-order valence-electron chi connectivity index (χ2n) is 3.35. The Labute approximate surface area is 108 Å². The van der Waals surface area contributed by atoms with E-state index in [0.29, 0.717) is 16.7 Å². The van der Waals surface area contributed by atoms with Gasteiger partial charge < -0.3 is 10.1 Å². The summed E-state index contributed by atoms with van der Waals surface area (Å²) in [6, 6.07) is 0. The highest BCUT2D eigenvalue weighted by molar-refractivity contribution is 14.1. The third-order valence-electron chi connectivity index (χ3n) is 2.20. The Hall–Kier alpha value is -0.470. The van der Waals surface area contributed by atoms with Crippen molar-refractivity contribution in [3.8, 4) is 0 Å². The first-order valence-corrected chi connectivity index (χ1v) is 6.16. The van der Waals surface area contributed by atoms with Crippen molar-refractivity contribution in [1.82, 2.24) is 14.9 Å². The van der Waals surface area contributed by atoms with Gasteiger partial charge in [0, 0.05) is 32.9 Å². The minimum absolute atomic E-state index is 0.0293. The van der Waals surface area contributed by atoms with E-state index in [1.807, 2.05) is 29.5 Å². The molecule has 90 valence electrons. The smallest absolute Gasteiger partial charge is 0.266 e. The normalized spacial score (nSPS) is 10.7. The van der Waals surface area contributed by atoms with Crippen LogP contribution in [0.25, 0.3) is 0 Å². The van der Waals surface area contributed by atoms with E-state index in [4.69, 9.17) is 4.74 Å². The van der Waals surface area contributed by atoms with E-state index in [9.17, 15) is 4.79 Å². The number of aryl methyl sites for hydroxylation is 1. The van der Waals surface area contributed by atoms with Crippen LogP contribution in [0.2, 0.25) is 0 Å². The maximum absolute atomic E-state index is 11.8. The van der Waals surface area contributed by atoms with Crippen LogP contribution in [-0.2, 0) is 11.3 Å². The highest BCUT2D eigenvalue weighted by atomic mass is 127. The summed E-state index contributed by atoms with van der Waals surface area (Å²) in [6.45, 7) is 4.69. The zero-order valence-corrected chi connectivity index (χ0v) is 11.7. The molecule has 0 spiro atoms. The van der Waals surface area contributed by atoms with Crippen LogP contribution in [0.5, 0.6) is 0 Å². The minimum atomic E-state index is 0.0293. The van der Waals surface area contributed by atoms with Crippen LogP contribution >= 0.6 is 22.6 Å². The first-order chi connectivity index (χ1) is 7.66. The fraction of sp³-hybridized carbons (Fsp3) is 0.600. The van der Waals surface area contributed by atoms with Gasteiger partial charge >= 0.3 is 0 Å². The summed E-state index contributed by atoms with van der Waals surface area (Å²) in [5, 5.41) is 3.19. The van der Waals surface area contributed by atoms with Crippen molar-refractivity contribution in [3.63, 3.8) is 0 Å². The molecule has 0 aliphatic rings. The van der Waals surface area contributed by atoms with Crippen LogP contribution in [0.1, 0.15) is 5.82 Å². The molecule has 0 saturated heterocycles. The van der Waals surface area contributed by atoms with Gasteiger partial charge in [0.2, 0.25) is 0 Å². The Morgan fingerprint density at radius 2 is 2.31 bits per heavy atom. The minimum Gasteiger partial charge on any atom is -0.383 e. The zero-order valence-electron chi connectivity index (χ0n) is 9.49. The number of hydrogen-bond donors (Lipinski definition) is 1. The summed E-state index contributed by atoms with van der Waals surface area (Å²) in [4.78, 5) is 15.9. The van der Waals surface area contributed by atoms with Crippen LogP contribution < -0.4 is 10.9 Å². The summed E-state index contributed by atoms with van der Waals surface area (Å²) in [5.74, 6) is 0.749. The van der Waals surface area contributed by atoms with Crippen LogP contribution in [-0.4, -0.2) is 36.4 Å². The number of nitrogens with one attached hydrogen (secondary N) is 1. The van der Waals surface area contributed by atoms with Gasteiger partial charge in [-0.3, -0.25) is 9.36 Å². The van der Waals surface area contributed by atoms with Crippen molar-refractivity contribution in [2.75, 3.05) is 26.8 Å². The van der Waals surface area contributed by atoms with Gasteiger partial charge in [-0.15, -0.1) is 0 Å². The number of hydrogen-bond acceptors (Lipinski definition) is 4. The van der Waals surface area contributed by atoms with Crippen molar-refractivity contribution >= 4 is 22.6 Å². The highest BCUT2D eigenvalue weighted by Crippen LogP contribution is 1.96. The summed E-state index contributed by atoms with van der Waals surface area (Å²) in [7, 11) is 1.67. The average molecular weight is 337 g/mol. The summed E-state index contributed by atoms with van der Waals surface area (Å²) in [5.41, 5.74) is 0.0293. The van der Waals surface area contributed by atoms with Gasteiger partial charge in [0.05, 0.1) is 10.2 Å². The topological polar surface area (TPSA) is 56.1 Å². The number of rotatable bonds is 6. The van der Waals surface area contributed by atoms with Crippen LogP contribution in [0.15, 0.2) is 11.0 Å². The second kappa shape index (κ2) is 6.97. The summed E-state index contributed by atoms with van der Waals surface area (Å²) < 4.78 is 7.25. The van der Waals surface area contributed by atoms with Gasteiger partial charge in [-0.2, -0.15) is 0 Å². The molecule has 0 aromatic carbocycles. The lowest BCUT2D eigenvalue weighted by atomic mass is 10.5. The third kappa shape index (κ3) is 3.84. The number of ether oxygens (including phenoxy) is 1. The van der Waals surface area contributed by atoms with E-state index in [-0.39, 0.29) is 5.56 Å². The van der Waals surface area contributed by atoms with E-state index in [2.05, 4.69) is 10.3 Å². The summed E-state index contributed by atoms with van der Waals surface area (Å²) in [6.07, 6.45) is 1.60. The van der Waals surface area contributed by atoms with E-state index < -0.39 is 0 Å². The molecule has 0 amide bonds. The van der Waals surface area contributed by atoms with Gasteiger partial charge in [0.15, 0.2) is 0 Å². The molecule has 0 aliphatic carbocycles. The van der Waals surface area contributed by atoms with Gasteiger partial charge in [0.1, 0.15) is 5.82 Å². The molecular weight excluding hydrogens is 321 g/mol. The van der Waals surface area contributed by atoms with Gasteiger partial charge in [-0.05, 0) is 29.5 Å². The Morgan fingerprint density at radius 3 is 3.00 bits per heavy atom. The molecule has 5 nitrogen and oxygen atoms in total. The van der Waals surface area contributed by atoms with Crippen LogP contribution in [0, 0.1) is 10.5 Å². The predicted molar refractivity (Wildman–Crippen MR) is 70.7 cm³/mol. The van der Waals surface area contributed by atoms with Gasteiger partial charge in [-0.1, -0.05) is 0 Å². The molecule has 1 aromatic rings. The molecule has 1 aromatic heterocycles. The molecular formula is C10H16IN3O2. The average Bonchev–Trinajstić information content (AvgIpc) is 2.28. The van der Waals surface area contributed by atoms with Crippen molar-refractivity contribution in [2.45, 2.75) is 13.5 Å². The molecule has 0 aliphatic heterocycles. The first-order valence-electron chi connectivity index (χ1n) is 5.08.